The van der Waals surface area contributed by atoms with Crippen molar-refractivity contribution < 1.29 is 14.1 Å². The molecule has 0 aliphatic heterocycles. The second kappa shape index (κ2) is 6.03. The Balaban J connectivity index is 3.32. The van der Waals surface area contributed by atoms with Crippen LogP contribution in [0.2, 0.25) is 4.34 Å². The lowest BCUT2D eigenvalue weighted by Crippen LogP contribution is -2.49. The van der Waals surface area contributed by atoms with Gasteiger partial charge < -0.3 is 5.32 Å². The van der Waals surface area contributed by atoms with Gasteiger partial charge in [-0.1, -0.05) is 11.6 Å². The number of nitrogens with zero attached hydrogens (tertiary/aromatic N) is 1. The molecule has 0 saturated heterocycles. The first-order chi connectivity index (χ1) is 8.76. The van der Waals surface area contributed by atoms with Crippen molar-refractivity contribution in [1.29, 1.82) is 0 Å². The molecule has 0 saturated carbocycles. The maximum absolute atomic E-state index is 12.7. The Morgan fingerprint density at radius 1 is 1.32 bits per heavy atom. The number of carbonyl (C=O) groups is 2. The van der Waals surface area contributed by atoms with Crippen molar-refractivity contribution in [3.05, 3.63) is 15.5 Å². The largest absolute Gasteiger partial charge is 0.349 e. The van der Waals surface area contributed by atoms with E-state index >= 15 is 0 Å². The van der Waals surface area contributed by atoms with Gasteiger partial charge >= 0.3 is 5.91 Å². The molecule has 6 heteroatoms. The maximum atomic E-state index is 12.7. The number of anilines is 1. The van der Waals surface area contributed by atoms with Crippen LogP contribution in [-0.4, -0.2) is 36.4 Å². The standard InChI is InChI=1S/C13H19ClN2O2S/c1-6-16(5,7-2)13(18)10-8(3)11(14)19-12(10)15-9(4)17/h6-7H2,1-5H3/p+1. The SMILES string of the molecule is CC[N+](C)(CC)C(=O)c1c(NC(C)=O)sc(Cl)c1C. The zero-order chi connectivity index (χ0) is 14.8. The average Bonchev–Trinajstić information content (AvgIpc) is 2.62. The summed E-state index contributed by atoms with van der Waals surface area (Å²) in [7, 11) is 1.89. The van der Waals surface area contributed by atoms with Gasteiger partial charge in [0.25, 0.3) is 0 Å². The van der Waals surface area contributed by atoms with Crippen molar-refractivity contribution in [2.24, 2.45) is 0 Å². The zero-order valence-corrected chi connectivity index (χ0v) is 13.5. The van der Waals surface area contributed by atoms with E-state index in [-0.39, 0.29) is 11.8 Å². The van der Waals surface area contributed by atoms with Gasteiger partial charge in [0.2, 0.25) is 5.91 Å². The average molecular weight is 304 g/mol. The molecule has 0 aliphatic carbocycles. The van der Waals surface area contributed by atoms with E-state index in [0.717, 1.165) is 5.56 Å². The van der Waals surface area contributed by atoms with Gasteiger partial charge in [0, 0.05) is 6.92 Å². The highest BCUT2D eigenvalue weighted by Crippen LogP contribution is 2.38. The van der Waals surface area contributed by atoms with E-state index in [9.17, 15) is 9.59 Å². The van der Waals surface area contributed by atoms with E-state index in [4.69, 9.17) is 11.6 Å². The molecule has 1 aromatic heterocycles. The predicted octanol–water partition coefficient (Wildman–Crippen LogP) is 3.29. The van der Waals surface area contributed by atoms with Crippen LogP contribution in [0.5, 0.6) is 0 Å². The van der Waals surface area contributed by atoms with Crippen LogP contribution < -0.4 is 5.32 Å². The number of amides is 2. The molecule has 0 radical (unpaired) electrons. The molecule has 0 fully saturated rings. The quantitative estimate of drug-likeness (QED) is 0.868. The van der Waals surface area contributed by atoms with Crippen LogP contribution in [0.15, 0.2) is 0 Å². The third-order valence-corrected chi connectivity index (χ3v) is 4.99. The summed E-state index contributed by atoms with van der Waals surface area (Å²) in [6.07, 6.45) is 0. The van der Waals surface area contributed by atoms with Crippen LogP contribution in [0.25, 0.3) is 0 Å². The molecule has 0 unspecified atom stereocenters. The van der Waals surface area contributed by atoms with Crippen LogP contribution >= 0.6 is 22.9 Å². The summed E-state index contributed by atoms with van der Waals surface area (Å²) < 4.78 is 0.839. The smallest absolute Gasteiger partial charge is 0.317 e. The molecule has 0 aromatic carbocycles. The number of quaternary nitrogens is 1. The highest BCUT2D eigenvalue weighted by molar-refractivity contribution is 7.20. The van der Waals surface area contributed by atoms with Gasteiger partial charge in [-0.3, -0.25) is 9.28 Å². The summed E-state index contributed by atoms with van der Waals surface area (Å²) in [5, 5.41) is 3.25. The minimum Gasteiger partial charge on any atom is -0.317 e. The van der Waals surface area contributed by atoms with E-state index in [1.165, 1.54) is 18.3 Å². The molecular weight excluding hydrogens is 284 g/mol. The summed E-state index contributed by atoms with van der Waals surface area (Å²) in [5.74, 6) is -0.205. The molecule has 0 aliphatic rings. The highest BCUT2D eigenvalue weighted by Gasteiger charge is 2.34. The fraction of sp³-hybridized carbons (Fsp3) is 0.538. The van der Waals surface area contributed by atoms with E-state index in [2.05, 4.69) is 5.32 Å². The number of carbonyl (C=O) groups excluding carboxylic acids is 2. The van der Waals surface area contributed by atoms with Gasteiger partial charge in [-0.2, -0.15) is 0 Å². The third-order valence-electron chi connectivity index (χ3n) is 3.48. The van der Waals surface area contributed by atoms with E-state index in [0.29, 0.717) is 32.5 Å². The van der Waals surface area contributed by atoms with Gasteiger partial charge in [0.05, 0.1) is 24.5 Å². The summed E-state index contributed by atoms with van der Waals surface area (Å²) in [4.78, 5) is 24.0. The molecule has 1 rings (SSSR count). The van der Waals surface area contributed by atoms with E-state index in [1.54, 1.807) is 0 Å². The molecule has 106 valence electrons. The Labute approximate surface area is 123 Å². The van der Waals surface area contributed by atoms with Crippen molar-refractivity contribution >= 4 is 39.8 Å². The summed E-state index contributed by atoms with van der Waals surface area (Å²) in [5.41, 5.74) is 1.28. The number of nitrogens with one attached hydrogen (secondary N) is 1. The monoisotopic (exact) mass is 303 g/mol. The topological polar surface area (TPSA) is 46.2 Å². The Morgan fingerprint density at radius 2 is 1.84 bits per heavy atom. The Kier molecular flexibility index (Phi) is 5.12. The van der Waals surface area contributed by atoms with Gasteiger partial charge in [-0.25, -0.2) is 4.79 Å². The minimum atomic E-state index is -0.200. The number of thiophene rings is 1. The second-order valence-electron chi connectivity index (χ2n) is 4.72. The second-order valence-corrected chi connectivity index (χ2v) is 6.34. The molecule has 1 aromatic rings. The first kappa shape index (κ1) is 16.1. The molecule has 0 atom stereocenters. The molecule has 1 heterocycles. The maximum Gasteiger partial charge on any atom is 0.349 e. The van der Waals surface area contributed by atoms with Crippen LogP contribution in [0.1, 0.15) is 36.7 Å². The fourth-order valence-corrected chi connectivity index (χ4v) is 3.07. The van der Waals surface area contributed by atoms with Crippen molar-refractivity contribution in [3.63, 3.8) is 0 Å². The van der Waals surface area contributed by atoms with Crippen molar-refractivity contribution in [3.8, 4) is 0 Å². The van der Waals surface area contributed by atoms with Gasteiger partial charge in [0.15, 0.2) is 0 Å². The molecule has 19 heavy (non-hydrogen) atoms. The summed E-state index contributed by atoms with van der Waals surface area (Å²) in [6, 6.07) is 0. The first-order valence-corrected chi connectivity index (χ1v) is 7.42. The van der Waals surface area contributed by atoms with Gasteiger partial charge in [0.1, 0.15) is 10.6 Å². The number of halogens is 1. The molecular formula is C13H20ClN2O2S+. The molecule has 4 nitrogen and oxygen atoms in total. The number of hydrogen-bond donors (Lipinski definition) is 1. The Hall–Kier alpha value is -0.910. The third kappa shape index (κ3) is 3.16. The molecule has 1 N–H and O–H groups in total. The lowest BCUT2D eigenvalue weighted by molar-refractivity contribution is -0.824. The number of rotatable bonds is 4. The molecule has 2 amide bonds. The molecule has 0 bridgehead atoms. The lowest BCUT2D eigenvalue weighted by Gasteiger charge is -2.29. The van der Waals surface area contributed by atoms with Crippen LogP contribution in [-0.2, 0) is 4.79 Å². The first-order valence-electron chi connectivity index (χ1n) is 6.22. The van der Waals surface area contributed by atoms with Crippen LogP contribution in [0.3, 0.4) is 0 Å². The summed E-state index contributed by atoms with van der Waals surface area (Å²) in [6.45, 7) is 8.58. The normalized spacial score (nSPS) is 11.5. The summed E-state index contributed by atoms with van der Waals surface area (Å²) >= 11 is 7.34. The fourth-order valence-electron chi connectivity index (χ4n) is 1.77. The van der Waals surface area contributed by atoms with E-state index < -0.39 is 0 Å². The molecule has 0 spiro atoms. The van der Waals surface area contributed by atoms with Crippen molar-refractivity contribution in [1.82, 2.24) is 0 Å². The Bertz CT molecular complexity index is 507. The lowest BCUT2D eigenvalue weighted by atomic mass is 10.1. The Morgan fingerprint density at radius 3 is 2.26 bits per heavy atom. The predicted molar refractivity (Wildman–Crippen MR) is 80.0 cm³/mol. The highest BCUT2D eigenvalue weighted by atomic mass is 35.5. The van der Waals surface area contributed by atoms with E-state index in [1.807, 2.05) is 27.8 Å². The van der Waals surface area contributed by atoms with Crippen LogP contribution in [0, 0.1) is 6.92 Å². The minimum absolute atomic E-state index is 0.00519. The van der Waals surface area contributed by atoms with Gasteiger partial charge in [-0.15, -0.1) is 11.3 Å². The zero-order valence-electron chi connectivity index (χ0n) is 12.0. The van der Waals surface area contributed by atoms with Crippen molar-refractivity contribution in [2.45, 2.75) is 27.7 Å². The van der Waals surface area contributed by atoms with Crippen LogP contribution in [0.4, 0.5) is 5.00 Å². The van der Waals surface area contributed by atoms with Crippen molar-refractivity contribution in [2.75, 3.05) is 25.5 Å². The number of hydrogen-bond acceptors (Lipinski definition) is 3. The van der Waals surface area contributed by atoms with Gasteiger partial charge in [-0.05, 0) is 26.3 Å².